The average Bonchev–Trinajstić information content (AvgIpc) is 2.03. The summed E-state index contributed by atoms with van der Waals surface area (Å²) in [5.74, 6) is 0. The molecule has 1 rings (SSSR count). The zero-order valence-electron chi connectivity index (χ0n) is 6.48. The molecular formula is C9H6Br2F2. The summed E-state index contributed by atoms with van der Waals surface area (Å²) in [5.41, 5.74) is 0.775. The van der Waals surface area contributed by atoms with Crippen LogP contribution in [-0.4, -0.2) is 0 Å². The molecule has 0 aliphatic carbocycles. The largest absolute Gasteiger partial charge is 0.263 e. The van der Waals surface area contributed by atoms with Gasteiger partial charge in [0.05, 0.1) is 3.39 Å². The number of alkyl halides is 2. The summed E-state index contributed by atoms with van der Waals surface area (Å²) in [7, 11) is 0. The van der Waals surface area contributed by atoms with Crippen molar-refractivity contribution in [3.8, 4) is 0 Å². The second kappa shape index (κ2) is 4.86. The zero-order chi connectivity index (χ0) is 9.84. The third-order valence-corrected chi connectivity index (χ3v) is 1.90. The second-order valence-corrected chi connectivity index (χ2v) is 5.18. The summed E-state index contributed by atoms with van der Waals surface area (Å²) in [5, 5.41) is 0. The van der Waals surface area contributed by atoms with Crippen molar-refractivity contribution < 1.29 is 8.78 Å². The van der Waals surface area contributed by atoms with Crippen LogP contribution in [0.5, 0.6) is 0 Å². The molecule has 0 N–H and O–H groups in total. The van der Waals surface area contributed by atoms with Crippen LogP contribution >= 0.6 is 31.9 Å². The molecule has 1 aromatic rings. The number of benzene rings is 1. The van der Waals surface area contributed by atoms with E-state index in [0.717, 1.165) is 8.96 Å². The number of hydrogen-bond acceptors (Lipinski definition) is 0. The van der Waals surface area contributed by atoms with Gasteiger partial charge in [-0.15, -0.1) is 0 Å². The first-order valence-corrected chi connectivity index (χ1v) is 5.09. The van der Waals surface area contributed by atoms with Crippen molar-refractivity contribution in [3.63, 3.8) is 0 Å². The molecule has 0 bridgehead atoms. The van der Waals surface area contributed by atoms with Gasteiger partial charge in [0.1, 0.15) is 0 Å². The topological polar surface area (TPSA) is 0 Å². The highest BCUT2D eigenvalue weighted by Crippen LogP contribution is 2.23. The Hall–Kier alpha value is -0.220. The SMILES string of the molecule is FC(F)c1cccc(C=C(Br)Br)c1. The fourth-order valence-corrected chi connectivity index (χ4v) is 1.44. The van der Waals surface area contributed by atoms with Gasteiger partial charge in [-0.2, -0.15) is 0 Å². The molecule has 0 nitrogen and oxygen atoms in total. The molecule has 0 amide bonds. The molecule has 13 heavy (non-hydrogen) atoms. The van der Waals surface area contributed by atoms with E-state index in [1.807, 2.05) is 0 Å². The predicted molar refractivity (Wildman–Crippen MR) is 57.2 cm³/mol. The molecule has 0 radical (unpaired) electrons. The van der Waals surface area contributed by atoms with Crippen molar-refractivity contribution in [2.45, 2.75) is 6.43 Å². The monoisotopic (exact) mass is 310 g/mol. The molecule has 0 saturated carbocycles. The van der Waals surface area contributed by atoms with Crippen molar-refractivity contribution in [1.82, 2.24) is 0 Å². The van der Waals surface area contributed by atoms with Gasteiger partial charge in [0.25, 0.3) is 6.43 Å². The lowest BCUT2D eigenvalue weighted by Gasteiger charge is -2.00. The Kier molecular flexibility index (Phi) is 4.06. The van der Waals surface area contributed by atoms with Gasteiger partial charge in [-0.3, -0.25) is 0 Å². The minimum atomic E-state index is -2.41. The third-order valence-electron chi connectivity index (χ3n) is 1.44. The van der Waals surface area contributed by atoms with Crippen molar-refractivity contribution in [1.29, 1.82) is 0 Å². The van der Waals surface area contributed by atoms with Crippen LogP contribution in [0.15, 0.2) is 27.7 Å². The van der Waals surface area contributed by atoms with E-state index in [1.54, 1.807) is 18.2 Å². The minimum Gasteiger partial charge on any atom is -0.205 e. The van der Waals surface area contributed by atoms with E-state index in [0.29, 0.717) is 0 Å². The van der Waals surface area contributed by atoms with E-state index in [4.69, 9.17) is 0 Å². The Morgan fingerprint density at radius 1 is 1.31 bits per heavy atom. The molecule has 0 heterocycles. The first-order valence-electron chi connectivity index (χ1n) is 3.50. The molecule has 4 heteroatoms. The quantitative estimate of drug-likeness (QED) is 0.742. The second-order valence-electron chi connectivity index (χ2n) is 2.40. The Morgan fingerprint density at radius 3 is 2.54 bits per heavy atom. The van der Waals surface area contributed by atoms with Gasteiger partial charge >= 0.3 is 0 Å². The first-order chi connectivity index (χ1) is 6.09. The molecule has 70 valence electrons. The van der Waals surface area contributed by atoms with Gasteiger partial charge in [0.15, 0.2) is 0 Å². The van der Waals surface area contributed by atoms with Gasteiger partial charge in [0, 0.05) is 5.56 Å². The summed E-state index contributed by atoms with van der Waals surface area (Å²) in [6.07, 6.45) is -0.700. The normalized spacial score (nSPS) is 10.2. The van der Waals surface area contributed by atoms with E-state index >= 15 is 0 Å². The van der Waals surface area contributed by atoms with Crippen molar-refractivity contribution in [2.24, 2.45) is 0 Å². The standard InChI is InChI=1S/C9H6Br2F2/c10-8(11)5-6-2-1-3-7(4-6)9(12)13/h1-5,9H. The van der Waals surface area contributed by atoms with Crippen molar-refractivity contribution in [3.05, 3.63) is 38.8 Å². The fourth-order valence-electron chi connectivity index (χ4n) is 0.911. The first kappa shape index (κ1) is 10.9. The molecule has 0 unspecified atom stereocenters. The predicted octanol–water partition coefficient (Wildman–Crippen LogP) is 4.71. The smallest absolute Gasteiger partial charge is 0.205 e. The number of hydrogen-bond donors (Lipinski definition) is 0. The highest BCUT2D eigenvalue weighted by Gasteiger charge is 2.05. The summed E-state index contributed by atoms with van der Waals surface area (Å²) in [6.45, 7) is 0. The lowest BCUT2D eigenvalue weighted by atomic mass is 10.1. The van der Waals surface area contributed by atoms with E-state index < -0.39 is 6.43 Å². The van der Waals surface area contributed by atoms with Crippen molar-refractivity contribution in [2.75, 3.05) is 0 Å². The molecule has 0 spiro atoms. The molecule has 0 fully saturated rings. The Balaban J connectivity index is 2.99. The van der Waals surface area contributed by atoms with Crippen LogP contribution in [0.4, 0.5) is 8.78 Å². The van der Waals surface area contributed by atoms with E-state index in [-0.39, 0.29) is 5.56 Å². The lowest BCUT2D eigenvalue weighted by molar-refractivity contribution is 0.151. The third kappa shape index (κ3) is 3.56. The summed E-state index contributed by atoms with van der Waals surface area (Å²) in [4.78, 5) is 0. The fraction of sp³-hybridized carbons (Fsp3) is 0.111. The van der Waals surface area contributed by atoms with E-state index in [9.17, 15) is 8.78 Å². The summed E-state index contributed by atoms with van der Waals surface area (Å²) < 4.78 is 25.2. The van der Waals surface area contributed by atoms with Crippen LogP contribution in [0.2, 0.25) is 0 Å². The van der Waals surface area contributed by atoms with Gasteiger partial charge in [-0.05, 0) is 49.6 Å². The molecule has 0 aliphatic rings. The Morgan fingerprint density at radius 2 is 2.00 bits per heavy atom. The Labute approximate surface area is 91.9 Å². The van der Waals surface area contributed by atoms with Crippen LogP contribution in [-0.2, 0) is 0 Å². The zero-order valence-corrected chi connectivity index (χ0v) is 9.65. The van der Waals surface area contributed by atoms with Crippen LogP contribution in [0.1, 0.15) is 17.6 Å². The molecule has 0 atom stereocenters. The molecule has 0 saturated heterocycles. The Bertz CT molecular complexity index is 317. The maximum Gasteiger partial charge on any atom is 0.263 e. The van der Waals surface area contributed by atoms with Crippen LogP contribution in [0.25, 0.3) is 6.08 Å². The molecule has 0 aliphatic heterocycles. The van der Waals surface area contributed by atoms with Gasteiger partial charge < -0.3 is 0 Å². The number of halogens is 4. The maximum absolute atomic E-state index is 12.2. The van der Waals surface area contributed by atoms with Crippen LogP contribution in [0, 0.1) is 0 Å². The summed E-state index contributed by atoms with van der Waals surface area (Å²) >= 11 is 6.33. The highest BCUT2D eigenvalue weighted by molar-refractivity contribution is 9.28. The van der Waals surface area contributed by atoms with Crippen LogP contribution < -0.4 is 0 Å². The minimum absolute atomic E-state index is 0.0370. The summed E-state index contributed by atoms with van der Waals surface area (Å²) in [6, 6.07) is 6.22. The van der Waals surface area contributed by atoms with Gasteiger partial charge in [-0.1, -0.05) is 18.2 Å². The number of rotatable bonds is 2. The molecular weight excluding hydrogens is 306 g/mol. The van der Waals surface area contributed by atoms with Crippen molar-refractivity contribution >= 4 is 37.9 Å². The van der Waals surface area contributed by atoms with Gasteiger partial charge in [0.2, 0.25) is 0 Å². The van der Waals surface area contributed by atoms with Gasteiger partial charge in [-0.25, -0.2) is 8.78 Å². The van der Waals surface area contributed by atoms with Crippen LogP contribution in [0.3, 0.4) is 0 Å². The lowest BCUT2D eigenvalue weighted by Crippen LogP contribution is -1.83. The average molecular weight is 312 g/mol. The maximum atomic E-state index is 12.2. The van der Waals surface area contributed by atoms with E-state index in [2.05, 4.69) is 31.9 Å². The van der Waals surface area contributed by atoms with E-state index in [1.165, 1.54) is 12.1 Å². The highest BCUT2D eigenvalue weighted by atomic mass is 79.9. The molecule has 1 aromatic carbocycles. The molecule has 0 aromatic heterocycles.